The number of aliphatic hydroxyl groups excluding tert-OH is 6. The number of hydrogen-bond donors (Lipinski definition) is 10. The Morgan fingerprint density at radius 1 is 0.471 bits per heavy atom. The van der Waals surface area contributed by atoms with Crippen LogP contribution in [0.1, 0.15) is 79.5 Å². The summed E-state index contributed by atoms with van der Waals surface area (Å²) in [5.41, 5.74) is -1.89. The summed E-state index contributed by atoms with van der Waals surface area (Å²) in [7, 11) is 0. The van der Waals surface area contributed by atoms with Gasteiger partial charge in [0.1, 0.15) is 13.2 Å². The first kappa shape index (κ1) is 57.4. The van der Waals surface area contributed by atoms with E-state index >= 15 is 0 Å². The van der Waals surface area contributed by atoms with E-state index in [2.05, 4.69) is 13.2 Å². The minimum Gasteiger partial charge on any atom is -1.00 e. The number of aliphatic hydroxyl groups is 6. The molecule has 0 aromatic heterocycles. The first-order valence-electron chi connectivity index (χ1n) is 15.5. The van der Waals surface area contributed by atoms with Crippen LogP contribution < -0.4 is 29.6 Å². The summed E-state index contributed by atoms with van der Waals surface area (Å²) in [6, 6.07) is 0. The molecule has 0 amide bonds. The number of hydrogen-bond acceptors (Lipinski definition) is 14. The van der Waals surface area contributed by atoms with Crippen molar-refractivity contribution >= 4 is 35.8 Å². The maximum absolute atomic E-state index is 11.0. The third-order valence-corrected chi connectivity index (χ3v) is 6.29. The molecule has 0 aromatic rings. The molecule has 0 atom stereocenters. The van der Waals surface area contributed by atoms with Crippen molar-refractivity contribution < 1.29 is 120 Å². The van der Waals surface area contributed by atoms with Crippen molar-refractivity contribution in [1.29, 1.82) is 0 Å². The molecule has 0 aliphatic carbocycles. The maximum Gasteiger partial charge on any atom is 1.00 e. The van der Waals surface area contributed by atoms with Gasteiger partial charge in [-0.25, -0.2) is 9.59 Å². The Bertz CT molecular complexity index is 900. The van der Waals surface area contributed by atoms with Gasteiger partial charge in [-0.2, -0.15) is 0 Å². The summed E-state index contributed by atoms with van der Waals surface area (Å²) >= 11 is 0. The molecule has 19 heteroatoms. The van der Waals surface area contributed by atoms with Gasteiger partial charge in [0.25, 0.3) is 0 Å². The van der Waals surface area contributed by atoms with Crippen molar-refractivity contribution in [1.82, 2.24) is 0 Å². The van der Waals surface area contributed by atoms with Crippen LogP contribution in [-0.4, -0.2) is 140 Å². The Labute approximate surface area is 321 Å². The van der Waals surface area contributed by atoms with Crippen molar-refractivity contribution in [2.45, 2.75) is 78.1 Å². The van der Waals surface area contributed by atoms with Crippen LogP contribution in [0, 0.1) is 10.8 Å². The second-order valence-electron chi connectivity index (χ2n) is 11.4. The zero-order chi connectivity index (χ0) is 39.8. The van der Waals surface area contributed by atoms with Gasteiger partial charge in [0.15, 0.2) is 0 Å². The average molecular weight is 753 g/mol. The summed E-state index contributed by atoms with van der Waals surface area (Å²) in [6.45, 7) is 6.52. The maximum atomic E-state index is 11.0. The Morgan fingerprint density at radius 2 is 0.667 bits per heavy atom. The van der Waals surface area contributed by atoms with E-state index in [1.807, 2.05) is 0 Å². The summed E-state index contributed by atoms with van der Waals surface area (Å²) < 4.78 is 9.45. The predicted octanol–water partition coefficient (Wildman–Crippen LogP) is -2.53. The zero-order valence-corrected chi connectivity index (χ0v) is 31.9. The SMILES string of the molecule is C=C(C)C(=O)OCC(CO)(CO)CO.C=C(C)C(=O)OCC(CO)(CO)CO.O=C(O)CCCCCC(=O)O.O=C(O)CCCCCC(=O)O.[H-].[Na+]. The number of aliphatic carboxylic acids is 4. The first-order chi connectivity index (χ1) is 23.3. The molecule has 0 saturated carbocycles. The fraction of sp³-hybridized carbons (Fsp3) is 0.688. The number of carbonyl (C=O) groups excluding carboxylic acids is 2. The van der Waals surface area contributed by atoms with Crippen LogP contribution in [0.4, 0.5) is 0 Å². The third kappa shape index (κ3) is 36.6. The molecule has 18 nitrogen and oxygen atoms in total. The Hall–Kier alpha value is -2.94. The molecule has 0 aromatic carbocycles. The summed E-state index contributed by atoms with van der Waals surface area (Å²) in [5, 5.41) is 86.2. The van der Waals surface area contributed by atoms with E-state index in [0.717, 1.165) is 0 Å². The molecule has 0 fully saturated rings. The molecular weight excluding hydrogens is 695 g/mol. The minimum absolute atomic E-state index is 0. The molecule has 51 heavy (non-hydrogen) atoms. The van der Waals surface area contributed by atoms with Crippen LogP contribution in [0.5, 0.6) is 0 Å². The number of ether oxygens (including phenoxy) is 2. The normalized spacial score (nSPS) is 10.2. The van der Waals surface area contributed by atoms with Crippen LogP contribution in [0.3, 0.4) is 0 Å². The van der Waals surface area contributed by atoms with Gasteiger partial charge in [0, 0.05) is 36.8 Å². The molecule has 294 valence electrons. The van der Waals surface area contributed by atoms with E-state index in [-0.39, 0.29) is 81.0 Å². The number of carboxylic acid groups (broad SMARTS) is 4. The van der Waals surface area contributed by atoms with Gasteiger partial charge in [-0.1, -0.05) is 26.0 Å². The van der Waals surface area contributed by atoms with E-state index in [0.29, 0.717) is 38.5 Å². The van der Waals surface area contributed by atoms with Gasteiger partial charge >= 0.3 is 65.4 Å². The average Bonchev–Trinajstić information content (AvgIpc) is 3.06. The number of carbonyl (C=O) groups is 6. The van der Waals surface area contributed by atoms with Crippen LogP contribution >= 0.6 is 0 Å². The number of carboxylic acids is 4. The standard InChI is InChI=1S/2C9H16O5.2C7H12O4.Na.H/c2*1-7(2)8(13)14-6-9(3-10,4-11)5-12;2*8-6(9)4-2-1-3-5-7(10)11;;/h2*10-12H,1,3-6H2,2H3;2*1-5H2,(H,8,9)(H,10,11);;/q;;;;+1;-1. The predicted molar refractivity (Wildman–Crippen MR) is 177 cm³/mol. The minimum atomic E-state index is -1.18. The molecule has 0 aliphatic rings. The zero-order valence-electron chi connectivity index (χ0n) is 30.9. The van der Waals surface area contributed by atoms with E-state index in [1.165, 1.54) is 13.8 Å². The Morgan fingerprint density at radius 3 is 0.804 bits per heavy atom. The van der Waals surface area contributed by atoms with Gasteiger partial charge in [0.05, 0.1) is 50.5 Å². The largest absolute Gasteiger partial charge is 1.00 e. The smallest absolute Gasteiger partial charge is 1.00 e. The molecule has 0 spiro atoms. The van der Waals surface area contributed by atoms with E-state index in [4.69, 9.17) is 60.5 Å². The van der Waals surface area contributed by atoms with Gasteiger partial charge in [-0.3, -0.25) is 19.2 Å². The van der Waals surface area contributed by atoms with Gasteiger partial charge in [-0.05, 0) is 39.5 Å². The van der Waals surface area contributed by atoms with Crippen LogP contribution in [0.15, 0.2) is 24.3 Å². The Kier molecular flexibility index (Phi) is 39.9. The van der Waals surface area contributed by atoms with E-state index in [1.54, 1.807) is 0 Å². The second kappa shape index (κ2) is 35.5. The van der Waals surface area contributed by atoms with E-state index in [9.17, 15) is 28.8 Å². The van der Waals surface area contributed by atoms with Crippen LogP contribution in [-0.2, 0) is 38.2 Å². The molecule has 10 N–H and O–H groups in total. The molecule has 0 heterocycles. The molecule has 0 radical (unpaired) electrons. The molecule has 0 rings (SSSR count). The van der Waals surface area contributed by atoms with Gasteiger partial charge in [-0.15, -0.1) is 0 Å². The van der Waals surface area contributed by atoms with Crippen molar-refractivity contribution in [3.05, 3.63) is 24.3 Å². The van der Waals surface area contributed by atoms with Gasteiger partial charge < -0.3 is 62.0 Å². The van der Waals surface area contributed by atoms with Crippen molar-refractivity contribution in [2.75, 3.05) is 52.9 Å². The Balaban J connectivity index is -0.000000135. The van der Waals surface area contributed by atoms with E-state index < -0.39 is 86.3 Å². The third-order valence-electron chi connectivity index (χ3n) is 6.29. The fourth-order valence-corrected chi connectivity index (χ4v) is 2.72. The van der Waals surface area contributed by atoms with Crippen LogP contribution in [0.2, 0.25) is 0 Å². The molecule has 0 aliphatic heterocycles. The molecule has 0 unspecified atom stereocenters. The number of unbranched alkanes of at least 4 members (excludes halogenated alkanes) is 4. The summed E-state index contributed by atoms with van der Waals surface area (Å²) in [5.74, 6) is -4.49. The van der Waals surface area contributed by atoms with Crippen molar-refractivity contribution in [2.24, 2.45) is 10.8 Å². The quantitative estimate of drug-likeness (QED) is 0.0210. The number of rotatable bonds is 24. The fourth-order valence-electron chi connectivity index (χ4n) is 2.72. The molecular formula is C32H57NaO18. The molecule has 0 bridgehead atoms. The number of esters is 2. The second-order valence-corrected chi connectivity index (χ2v) is 11.4. The van der Waals surface area contributed by atoms with Gasteiger partial charge in [0.2, 0.25) is 0 Å². The van der Waals surface area contributed by atoms with Crippen LogP contribution in [0.25, 0.3) is 0 Å². The molecule has 0 saturated heterocycles. The van der Waals surface area contributed by atoms with Crippen molar-refractivity contribution in [3.63, 3.8) is 0 Å². The summed E-state index contributed by atoms with van der Waals surface area (Å²) in [6.07, 6.45) is 4.20. The van der Waals surface area contributed by atoms with Crippen molar-refractivity contribution in [3.8, 4) is 0 Å². The summed E-state index contributed by atoms with van der Waals surface area (Å²) in [4.78, 5) is 61.9. The monoisotopic (exact) mass is 752 g/mol. The first-order valence-corrected chi connectivity index (χ1v) is 15.5. The topological polar surface area (TPSA) is 323 Å².